The molecule has 1 aromatic rings. The largest absolute Gasteiger partial charge is 0.504 e. The average molecular weight is 264 g/mol. The van der Waals surface area contributed by atoms with Crippen LogP contribution in [0.2, 0.25) is 0 Å². The summed E-state index contributed by atoms with van der Waals surface area (Å²) in [5, 5.41) is 19.3. The van der Waals surface area contributed by atoms with Crippen molar-refractivity contribution in [2.45, 2.75) is 31.6 Å². The number of hydrogen-bond acceptors (Lipinski definition) is 5. The van der Waals surface area contributed by atoms with E-state index in [1.807, 2.05) is 0 Å². The number of ketones is 1. The van der Waals surface area contributed by atoms with E-state index in [4.69, 9.17) is 4.74 Å². The van der Waals surface area contributed by atoms with Gasteiger partial charge in [0.05, 0.1) is 7.11 Å². The Morgan fingerprint density at radius 3 is 2.53 bits per heavy atom. The Labute approximate surface area is 110 Å². The first-order valence-electron chi connectivity index (χ1n) is 6.08. The van der Waals surface area contributed by atoms with Crippen molar-refractivity contribution in [3.63, 3.8) is 0 Å². The maximum atomic E-state index is 12.2. The van der Waals surface area contributed by atoms with Gasteiger partial charge in [-0.2, -0.15) is 0 Å². The van der Waals surface area contributed by atoms with Crippen molar-refractivity contribution in [2.24, 2.45) is 0 Å². The molecule has 102 valence electrons. The van der Waals surface area contributed by atoms with E-state index >= 15 is 0 Å². The number of aromatic hydroxyl groups is 2. The van der Waals surface area contributed by atoms with Crippen LogP contribution < -0.4 is 0 Å². The molecule has 0 amide bonds. The molecule has 0 heterocycles. The second-order valence-electron chi connectivity index (χ2n) is 4.83. The fourth-order valence-corrected chi connectivity index (χ4v) is 2.69. The SMILES string of the molecule is COC(=O)C1(c2cc(C)c(O)c(O)c2)CCCC1=O. The molecule has 19 heavy (non-hydrogen) atoms. The Hall–Kier alpha value is -2.04. The molecule has 5 nitrogen and oxygen atoms in total. The molecule has 1 unspecified atom stereocenters. The fourth-order valence-electron chi connectivity index (χ4n) is 2.69. The Bertz CT molecular complexity index is 526. The zero-order valence-electron chi connectivity index (χ0n) is 10.9. The maximum Gasteiger partial charge on any atom is 0.323 e. The van der Waals surface area contributed by atoms with Crippen molar-refractivity contribution in [3.8, 4) is 11.5 Å². The molecule has 1 atom stereocenters. The third-order valence-electron chi connectivity index (χ3n) is 3.74. The minimum atomic E-state index is -1.34. The van der Waals surface area contributed by atoms with Gasteiger partial charge < -0.3 is 14.9 Å². The molecular formula is C14H16O5. The van der Waals surface area contributed by atoms with Gasteiger partial charge in [-0.05, 0) is 37.0 Å². The van der Waals surface area contributed by atoms with Crippen LogP contribution in [0.4, 0.5) is 0 Å². The van der Waals surface area contributed by atoms with Crippen molar-refractivity contribution in [1.82, 2.24) is 0 Å². The predicted molar refractivity (Wildman–Crippen MR) is 67.1 cm³/mol. The zero-order chi connectivity index (χ0) is 14.2. The smallest absolute Gasteiger partial charge is 0.323 e. The Morgan fingerprint density at radius 1 is 1.37 bits per heavy atom. The number of phenolic OH excluding ortho intramolecular Hbond substituents is 2. The molecule has 2 rings (SSSR count). The number of rotatable bonds is 2. The zero-order valence-corrected chi connectivity index (χ0v) is 10.9. The lowest BCUT2D eigenvalue weighted by atomic mass is 9.77. The van der Waals surface area contributed by atoms with Gasteiger partial charge in [0.2, 0.25) is 0 Å². The van der Waals surface area contributed by atoms with Crippen molar-refractivity contribution in [3.05, 3.63) is 23.3 Å². The normalized spacial score (nSPS) is 22.5. The number of ether oxygens (including phenoxy) is 1. The van der Waals surface area contributed by atoms with Crippen LogP contribution in [0, 0.1) is 6.92 Å². The summed E-state index contributed by atoms with van der Waals surface area (Å²) in [6.45, 7) is 1.60. The minimum absolute atomic E-state index is 0.205. The molecule has 0 saturated heterocycles. The first-order valence-corrected chi connectivity index (χ1v) is 6.08. The highest BCUT2D eigenvalue weighted by Gasteiger charge is 2.51. The molecule has 0 aliphatic heterocycles. The molecule has 0 aromatic heterocycles. The minimum Gasteiger partial charge on any atom is -0.504 e. The second-order valence-corrected chi connectivity index (χ2v) is 4.83. The molecule has 1 aliphatic rings. The van der Waals surface area contributed by atoms with Crippen LogP contribution in [0.1, 0.15) is 30.4 Å². The van der Waals surface area contributed by atoms with Gasteiger partial charge in [-0.3, -0.25) is 9.59 Å². The number of benzene rings is 1. The number of carbonyl (C=O) groups is 2. The molecule has 0 radical (unpaired) electrons. The monoisotopic (exact) mass is 264 g/mol. The number of Topliss-reactive ketones (excluding diaryl/α,β-unsaturated/α-hetero) is 1. The summed E-state index contributed by atoms with van der Waals surface area (Å²) < 4.78 is 4.77. The van der Waals surface area contributed by atoms with E-state index in [-0.39, 0.29) is 17.3 Å². The van der Waals surface area contributed by atoms with Crippen molar-refractivity contribution in [2.75, 3.05) is 7.11 Å². The van der Waals surface area contributed by atoms with E-state index in [0.29, 0.717) is 30.4 Å². The van der Waals surface area contributed by atoms with E-state index in [1.54, 1.807) is 13.0 Å². The van der Waals surface area contributed by atoms with Crippen LogP contribution in [0.25, 0.3) is 0 Å². The van der Waals surface area contributed by atoms with Crippen LogP contribution in [0.5, 0.6) is 11.5 Å². The Morgan fingerprint density at radius 2 is 2.05 bits per heavy atom. The van der Waals surface area contributed by atoms with Crippen molar-refractivity contribution >= 4 is 11.8 Å². The number of carbonyl (C=O) groups excluding carboxylic acids is 2. The van der Waals surface area contributed by atoms with E-state index in [2.05, 4.69) is 0 Å². The van der Waals surface area contributed by atoms with E-state index in [1.165, 1.54) is 13.2 Å². The molecule has 1 fully saturated rings. The third kappa shape index (κ3) is 1.85. The Kier molecular flexibility index (Phi) is 3.22. The summed E-state index contributed by atoms with van der Waals surface area (Å²) in [5.74, 6) is -1.39. The first-order chi connectivity index (χ1) is 8.93. The van der Waals surface area contributed by atoms with Crippen LogP contribution in [0.15, 0.2) is 12.1 Å². The number of phenols is 2. The van der Waals surface area contributed by atoms with Gasteiger partial charge in [-0.1, -0.05) is 6.07 Å². The van der Waals surface area contributed by atoms with Gasteiger partial charge in [0.15, 0.2) is 22.7 Å². The summed E-state index contributed by atoms with van der Waals surface area (Å²) in [6, 6.07) is 2.82. The number of esters is 1. The number of aryl methyl sites for hydroxylation is 1. The molecule has 0 spiro atoms. The topological polar surface area (TPSA) is 83.8 Å². The summed E-state index contributed by atoms with van der Waals surface area (Å²) in [4.78, 5) is 24.2. The van der Waals surface area contributed by atoms with Crippen LogP contribution in [-0.4, -0.2) is 29.1 Å². The first kappa shape index (κ1) is 13.4. The van der Waals surface area contributed by atoms with Gasteiger partial charge in [-0.15, -0.1) is 0 Å². The quantitative estimate of drug-likeness (QED) is 0.481. The van der Waals surface area contributed by atoms with Gasteiger partial charge in [0.25, 0.3) is 0 Å². The molecule has 1 saturated carbocycles. The molecular weight excluding hydrogens is 248 g/mol. The van der Waals surface area contributed by atoms with Crippen molar-refractivity contribution < 1.29 is 24.5 Å². The molecule has 5 heteroatoms. The van der Waals surface area contributed by atoms with Crippen LogP contribution >= 0.6 is 0 Å². The summed E-state index contributed by atoms with van der Waals surface area (Å²) in [7, 11) is 1.24. The molecule has 1 aliphatic carbocycles. The lowest BCUT2D eigenvalue weighted by Gasteiger charge is -2.25. The Balaban J connectivity index is 2.64. The highest BCUT2D eigenvalue weighted by molar-refractivity contribution is 6.11. The predicted octanol–water partition coefficient (Wildman–Crippen LogP) is 1.57. The average Bonchev–Trinajstić information content (AvgIpc) is 2.77. The summed E-state index contributed by atoms with van der Waals surface area (Å²) in [6.07, 6.45) is 1.28. The van der Waals surface area contributed by atoms with Crippen LogP contribution in [-0.2, 0) is 19.7 Å². The van der Waals surface area contributed by atoms with Crippen LogP contribution in [0.3, 0.4) is 0 Å². The van der Waals surface area contributed by atoms with Gasteiger partial charge in [-0.25, -0.2) is 0 Å². The third-order valence-corrected chi connectivity index (χ3v) is 3.74. The lowest BCUT2D eigenvalue weighted by molar-refractivity contribution is -0.150. The van der Waals surface area contributed by atoms with E-state index < -0.39 is 11.4 Å². The molecule has 1 aromatic carbocycles. The highest BCUT2D eigenvalue weighted by atomic mass is 16.5. The fraction of sp³-hybridized carbons (Fsp3) is 0.429. The second kappa shape index (κ2) is 4.57. The highest BCUT2D eigenvalue weighted by Crippen LogP contribution is 2.43. The maximum absolute atomic E-state index is 12.2. The van der Waals surface area contributed by atoms with Crippen molar-refractivity contribution in [1.29, 1.82) is 0 Å². The summed E-state index contributed by atoms with van der Waals surface area (Å²) >= 11 is 0. The standard InChI is InChI=1S/C14H16O5/c1-8-6-9(7-10(15)12(8)17)14(13(18)19-2)5-3-4-11(14)16/h6-7,15,17H,3-5H2,1-2H3. The lowest BCUT2D eigenvalue weighted by Crippen LogP contribution is -2.40. The summed E-state index contributed by atoms with van der Waals surface area (Å²) in [5.41, 5.74) is -0.544. The molecule has 2 N–H and O–H groups in total. The molecule has 0 bridgehead atoms. The van der Waals surface area contributed by atoms with E-state index in [9.17, 15) is 19.8 Å². The van der Waals surface area contributed by atoms with Gasteiger partial charge in [0, 0.05) is 6.42 Å². The number of methoxy groups -OCH3 is 1. The van der Waals surface area contributed by atoms with Gasteiger partial charge >= 0.3 is 5.97 Å². The number of hydrogen-bond donors (Lipinski definition) is 2. The van der Waals surface area contributed by atoms with E-state index in [0.717, 1.165) is 0 Å². The van der Waals surface area contributed by atoms with Gasteiger partial charge in [0.1, 0.15) is 0 Å².